The van der Waals surface area contributed by atoms with Gasteiger partial charge in [0.15, 0.2) is 0 Å². The van der Waals surface area contributed by atoms with Gasteiger partial charge in [-0.15, -0.1) is 0 Å². The van der Waals surface area contributed by atoms with Crippen molar-refractivity contribution in [2.75, 3.05) is 17.7 Å². The summed E-state index contributed by atoms with van der Waals surface area (Å²) >= 11 is 3.51. The van der Waals surface area contributed by atoms with Crippen molar-refractivity contribution in [1.82, 2.24) is 9.97 Å². The van der Waals surface area contributed by atoms with Crippen LogP contribution in [0.5, 0.6) is 17.2 Å². The standard InChI is InChI=1S/C28H23BrN4O2/c1-34-23-9-11-24(12-10-23)35-25-7-2-4-19(14-25)17-30-21-8-13-27-26(16-21)28(32-18-31-27)33-22-6-3-5-20(29)15-22/h2-16,18,30H,17H2,1H3,(H,31,32,33). The van der Waals surface area contributed by atoms with Crippen molar-refractivity contribution in [3.8, 4) is 17.2 Å². The van der Waals surface area contributed by atoms with Gasteiger partial charge in [-0.05, 0) is 78.4 Å². The van der Waals surface area contributed by atoms with E-state index in [0.29, 0.717) is 6.54 Å². The van der Waals surface area contributed by atoms with Gasteiger partial charge >= 0.3 is 0 Å². The molecule has 5 rings (SSSR count). The van der Waals surface area contributed by atoms with Crippen molar-refractivity contribution >= 4 is 44.0 Å². The van der Waals surface area contributed by atoms with E-state index in [1.54, 1.807) is 13.4 Å². The lowest BCUT2D eigenvalue weighted by molar-refractivity contribution is 0.413. The third-order valence-corrected chi connectivity index (χ3v) is 5.91. The van der Waals surface area contributed by atoms with Gasteiger partial charge in [0.05, 0.1) is 12.6 Å². The molecule has 1 heterocycles. The van der Waals surface area contributed by atoms with Crippen molar-refractivity contribution in [3.63, 3.8) is 0 Å². The number of nitrogens with zero attached hydrogens (tertiary/aromatic N) is 2. The predicted molar refractivity (Wildman–Crippen MR) is 144 cm³/mol. The molecular weight excluding hydrogens is 504 g/mol. The van der Waals surface area contributed by atoms with Crippen LogP contribution < -0.4 is 20.1 Å². The molecule has 0 saturated carbocycles. The van der Waals surface area contributed by atoms with E-state index in [4.69, 9.17) is 9.47 Å². The maximum absolute atomic E-state index is 6.00. The number of hydrogen-bond donors (Lipinski definition) is 2. The zero-order chi connectivity index (χ0) is 24.0. The highest BCUT2D eigenvalue weighted by Crippen LogP contribution is 2.28. The van der Waals surface area contributed by atoms with Crippen LogP contribution in [0, 0.1) is 0 Å². The van der Waals surface area contributed by atoms with E-state index in [1.165, 1.54) is 0 Å². The third-order valence-electron chi connectivity index (χ3n) is 5.41. The normalized spacial score (nSPS) is 10.7. The molecule has 4 aromatic carbocycles. The molecule has 174 valence electrons. The molecule has 0 aliphatic rings. The number of aromatic nitrogens is 2. The summed E-state index contributed by atoms with van der Waals surface area (Å²) in [7, 11) is 1.65. The average molecular weight is 527 g/mol. The van der Waals surface area contributed by atoms with Gasteiger partial charge in [0.2, 0.25) is 0 Å². The second-order valence-electron chi connectivity index (χ2n) is 7.87. The van der Waals surface area contributed by atoms with Gasteiger partial charge < -0.3 is 20.1 Å². The predicted octanol–water partition coefficient (Wildman–Crippen LogP) is 7.55. The highest BCUT2D eigenvalue weighted by molar-refractivity contribution is 9.10. The van der Waals surface area contributed by atoms with E-state index < -0.39 is 0 Å². The molecule has 0 atom stereocenters. The number of fused-ring (bicyclic) bond motifs is 1. The molecule has 0 unspecified atom stereocenters. The fourth-order valence-electron chi connectivity index (χ4n) is 3.67. The fraction of sp³-hybridized carbons (Fsp3) is 0.0714. The second-order valence-corrected chi connectivity index (χ2v) is 8.78. The molecule has 5 aromatic rings. The first-order chi connectivity index (χ1) is 17.2. The molecule has 0 aliphatic carbocycles. The van der Waals surface area contributed by atoms with E-state index in [-0.39, 0.29) is 0 Å². The Hall–Kier alpha value is -4.10. The fourth-order valence-corrected chi connectivity index (χ4v) is 4.07. The molecule has 0 fully saturated rings. The molecule has 7 heteroatoms. The number of hydrogen-bond acceptors (Lipinski definition) is 6. The van der Waals surface area contributed by atoms with Crippen LogP contribution in [0.4, 0.5) is 17.2 Å². The van der Waals surface area contributed by atoms with Crippen molar-refractivity contribution in [3.05, 3.63) is 107 Å². The van der Waals surface area contributed by atoms with E-state index in [0.717, 1.165) is 55.4 Å². The van der Waals surface area contributed by atoms with Crippen LogP contribution in [-0.2, 0) is 6.54 Å². The molecule has 0 spiro atoms. The Morgan fingerprint density at radius 3 is 2.43 bits per heavy atom. The first-order valence-corrected chi connectivity index (χ1v) is 11.9. The first kappa shape index (κ1) is 22.7. The lowest BCUT2D eigenvalue weighted by Gasteiger charge is -2.12. The van der Waals surface area contributed by atoms with Gasteiger partial charge in [-0.2, -0.15) is 0 Å². The smallest absolute Gasteiger partial charge is 0.141 e. The maximum Gasteiger partial charge on any atom is 0.141 e. The quantitative estimate of drug-likeness (QED) is 0.217. The summed E-state index contributed by atoms with van der Waals surface area (Å²) in [5.74, 6) is 3.09. The molecule has 1 aromatic heterocycles. The zero-order valence-corrected chi connectivity index (χ0v) is 20.6. The molecule has 0 bridgehead atoms. The van der Waals surface area contributed by atoms with Crippen LogP contribution in [0.25, 0.3) is 10.9 Å². The second kappa shape index (κ2) is 10.4. The van der Waals surface area contributed by atoms with Crippen LogP contribution >= 0.6 is 15.9 Å². The Morgan fingerprint density at radius 2 is 1.60 bits per heavy atom. The number of methoxy groups -OCH3 is 1. The summed E-state index contributed by atoms with van der Waals surface area (Å²) in [5, 5.41) is 7.83. The molecule has 6 nitrogen and oxygen atoms in total. The number of rotatable bonds is 8. The Labute approximate surface area is 212 Å². The number of anilines is 3. The van der Waals surface area contributed by atoms with Crippen LogP contribution in [0.3, 0.4) is 0 Å². The number of ether oxygens (including phenoxy) is 2. The molecule has 2 N–H and O–H groups in total. The Balaban J connectivity index is 1.30. The third kappa shape index (κ3) is 5.70. The number of halogens is 1. The average Bonchev–Trinajstić information content (AvgIpc) is 2.88. The van der Waals surface area contributed by atoms with Gasteiger partial charge in [0, 0.05) is 27.8 Å². The Morgan fingerprint density at radius 1 is 0.771 bits per heavy atom. The summed E-state index contributed by atoms with van der Waals surface area (Å²) in [6.45, 7) is 0.646. The van der Waals surface area contributed by atoms with E-state index in [9.17, 15) is 0 Å². The SMILES string of the molecule is COc1ccc(Oc2cccc(CNc3ccc4ncnc(Nc5cccc(Br)c5)c4c3)c2)cc1. The van der Waals surface area contributed by atoms with Crippen molar-refractivity contribution in [1.29, 1.82) is 0 Å². The monoisotopic (exact) mass is 526 g/mol. The van der Waals surface area contributed by atoms with Gasteiger partial charge in [-0.25, -0.2) is 9.97 Å². The van der Waals surface area contributed by atoms with Crippen molar-refractivity contribution < 1.29 is 9.47 Å². The first-order valence-electron chi connectivity index (χ1n) is 11.1. The molecule has 0 amide bonds. The van der Waals surface area contributed by atoms with Crippen LogP contribution in [-0.4, -0.2) is 17.1 Å². The number of benzene rings is 4. The summed E-state index contributed by atoms with van der Waals surface area (Å²) in [5.41, 5.74) is 3.91. The van der Waals surface area contributed by atoms with Crippen LogP contribution in [0.15, 0.2) is 102 Å². The largest absolute Gasteiger partial charge is 0.497 e. The highest BCUT2D eigenvalue weighted by Gasteiger charge is 2.07. The Bertz CT molecular complexity index is 1460. The molecule has 0 aliphatic heterocycles. The van der Waals surface area contributed by atoms with Crippen LogP contribution in [0.2, 0.25) is 0 Å². The van der Waals surface area contributed by atoms with Gasteiger partial charge in [-0.3, -0.25) is 0 Å². The summed E-state index contributed by atoms with van der Waals surface area (Å²) < 4.78 is 12.2. The van der Waals surface area contributed by atoms with Gasteiger partial charge in [-0.1, -0.05) is 34.1 Å². The molecule has 0 saturated heterocycles. The minimum absolute atomic E-state index is 0.646. The van der Waals surface area contributed by atoms with E-state index in [2.05, 4.69) is 48.7 Å². The molecule has 0 radical (unpaired) electrons. The summed E-state index contributed by atoms with van der Waals surface area (Å²) in [6, 6.07) is 29.6. The van der Waals surface area contributed by atoms with Crippen molar-refractivity contribution in [2.24, 2.45) is 0 Å². The van der Waals surface area contributed by atoms with Gasteiger partial charge in [0.1, 0.15) is 29.4 Å². The highest BCUT2D eigenvalue weighted by atomic mass is 79.9. The lowest BCUT2D eigenvalue weighted by atomic mass is 10.1. The molecule has 35 heavy (non-hydrogen) atoms. The summed E-state index contributed by atoms with van der Waals surface area (Å²) in [4.78, 5) is 8.87. The van der Waals surface area contributed by atoms with Crippen LogP contribution in [0.1, 0.15) is 5.56 Å². The lowest BCUT2D eigenvalue weighted by Crippen LogP contribution is -2.01. The minimum Gasteiger partial charge on any atom is -0.497 e. The maximum atomic E-state index is 6.00. The summed E-state index contributed by atoms with van der Waals surface area (Å²) in [6.07, 6.45) is 1.57. The number of nitrogens with one attached hydrogen (secondary N) is 2. The zero-order valence-electron chi connectivity index (χ0n) is 19.0. The van der Waals surface area contributed by atoms with E-state index in [1.807, 2.05) is 78.9 Å². The van der Waals surface area contributed by atoms with Crippen molar-refractivity contribution in [2.45, 2.75) is 6.54 Å². The van der Waals surface area contributed by atoms with E-state index >= 15 is 0 Å². The minimum atomic E-state index is 0.646. The topological polar surface area (TPSA) is 68.3 Å². The molecular formula is C28H23BrN4O2. The van der Waals surface area contributed by atoms with Gasteiger partial charge in [0.25, 0.3) is 0 Å². The Kier molecular flexibility index (Phi) is 6.77.